The van der Waals surface area contributed by atoms with Crippen molar-refractivity contribution < 1.29 is 14.3 Å². The molecule has 0 aromatic heterocycles. The summed E-state index contributed by atoms with van der Waals surface area (Å²) in [5.74, 6) is -0.257. The number of nitrogens with one attached hydrogen (secondary N) is 1. The van der Waals surface area contributed by atoms with Crippen LogP contribution in [0.1, 0.15) is 6.42 Å². The summed E-state index contributed by atoms with van der Waals surface area (Å²) in [5, 5.41) is 3.08. The second kappa shape index (κ2) is 5.81. The normalized spacial score (nSPS) is 18.8. The second-order valence-electron chi connectivity index (χ2n) is 3.92. The van der Waals surface area contributed by atoms with E-state index < -0.39 is 17.9 Å². The van der Waals surface area contributed by atoms with Gasteiger partial charge in [-0.05, 0) is 24.3 Å². The Morgan fingerprint density at radius 3 is 2.63 bits per heavy atom. The van der Waals surface area contributed by atoms with Crippen molar-refractivity contribution in [2.75, 3.05) is 6.61 Å². The summed E-state index contributed by atoms with van der Waals surface area (Å²) in [7, 11) is 0. The van der Waals surface area contributed by atoms with Gasteiger partial charge in [-0.1, -0.05) is 11.6 Å². The third-order valence-corrected chi connectivity index (χ3v) is 2.73. The molecule has 7 heteroatoms. The Hall–Kier alpha value is -1.92. The van der Waals surface area contributed by atoms with Gasteiger partial charge in [0.2, 0.25) is 0 Å². The van der Waals surface area contributed by atoms with Crippen molar-refractivity contribution in [2.45, 2.75) is 12.5 Å². The van der Waals surface area contributed by atoms with Crippen LogP contribution in [0.5, 0.6) is 5.75 Å². The summed E-state index contributed by atoms with van der Waals surface area (Å²) in [6, 6.07) is 5.66. The van der Waals surface area contributed by atoms with Gasteiger partial charge in [0.15, 0.2) is 6.04 Å². The zero-order valence-corrected chi connectivity index (χ0v) is 10.7. The number of amides is 2. The van der Waals surface area contributed by atoms with Crippen LogP contribution in [0.2, 0.25) is 5.02 Å². The highest BCUT2D eigenvalue weighted by Gasteiger charge is 2.27. The molecule has 2 rings (SSSR count). The van der Waals surface area contributed by atoms with Gasteiger partial charge in [0.25, 0.3) is 11.8 Å². The monoisotopic (exact) mass is 281 g/mol. The molecule has 2 amide bonds. The fourth-order valence-electron chi connectivity index (χ4n) is 1.48. The largest absolute Gasteiger partial charge is 0.493 e. The molecule has 6 nitrogen and oxygen atoms in total. The number of ether oxygens (including phenoxy) is 1. The maximum Gasteiger partial charge on any atom is 0.273 e. The average molecular weight is 282 g/mol. The van der Waals surface area contributed by atoms with Gasteiger partial charge in [-0.2, -0.15) is 4.99 Å². The molecule has 0 saturated carbocycles. The minimum atomic E-state index is -1.21. The molecule has 0 radical (unpaired) electrons. The lowest BCUT2D eigenvalue weighted by Gasteiger charge is -2.17. The summed E-state index contributed by atoms with van der Waals surface area (Å²) in [5.41, 5.74) is 5.31. The summed E-state index contributed by atoms with van der Waals surface area (Å²) >= 11 is 5.74. The van der Waals surface area contributed by atoms with E-state index in [1.807, 2.05) is 0 Å². The Labute approximate surface area is 114 Å². The maximum absolute atomic E-state index is 11.3. The van der Waals surface area contributed by atoms with Crippen molar-refractivity contribution in [3.05, 3.63) is 29.3 Å². The Morgan fingerprint density at radius 1 is 1.32 bits per heavy atom. The molecule has 1 aromatic rings. The van der Waals surface area contributed by atoms with E-state index >= 15 is 0 Å². The lowest BCUT2D eigenvalue weighted by molar-refractivity contribution is -0.129. The first-order valence-electron chi connectivity index (χ1n) is 5.62. The van der Waals surface area contributed by atoms with Crippen molar-refractivity contribution >= 4 is 29.3 Å². The minimum absolute atomic E-state index is 0.269. The van der Waals surface area contributed by atoms with Crippen LogP contribution in [0.3, 0.4) is 0 Å². The van der Waals surface area contributed by atoms with E-state index in [9.17, 15) is 9.59 Å². The summed E-state index contributed by atoms with van der Waals surface area (Å²) in [6.07, 6.45) is 0.312. The molecule has 3 N–H and O–H groups in total. The van der Waals surface area contributed by atoms with Crippen LogP contribution in [-0.4, -0.2) is 30.3 Å². The summed E-state index contributed by atoms with van der Waals surface area (Å²) < 4.78 is 5.43. The predicted octanol–water partition coefficient (Wildman–Crippen LogP) is 0.491. The molecule has 100 valence electrons. The number of carbonyl (C=O) groups is 2. The van der Waals surface area contributed by atoms with Gasteiger partial charge in [-0.3, -0.25) is 9.59 Å². The Morgan fingerprint density at radius 2 is 2.00 bits per heavy atom. The SMILES string of the molecule is NC1C(=O)N=C(CCOc2ccc(Cl)cc2)NC1=O. The average Bonchev–Trinajstić information content (AvgIpc) is 2.38. The third kappa shape index (κ3) is 3.52. The summed E-state index contributed by atoms with van der Waals surface area (Å²) in [6.45, 7) is 0.281. The topological polar surface area (TPSA) is 93.8 Å². The van der Waals surface area contributed by atoms with Gasteiger partial charge < -0.3 is 15.8 Å². The van der Waals surface area contributed by atoms with Gasteiger partial charge in [-0.25, -0.2) is 0 Å². The number of carbonyl (C=O) groups excluding carboxylic acids is 2. The Balaban J connectivity index is 1.86. The highest BCUT2D eigenvalue weighted by Crippen LogP contribution is 2.15. The Bertz CT molecular complexity index is 528. The van der Waals surface area contributed by atoms with Crippen LogP contribution >= 0.6 is 11.6 Å². The first kappa shape index (κ1) is 13.5. The maximum atomic E-state index is 11.3. The number of rotatable bonds is 4. The van der Waals surface area contributed by atoms with Crippen molar-refractivity contribution in [3.8, 4) is 5.75 Å². The van der Waals surface area contributed by atoms with E-state index in [0.717, 1.165) is 0 Å². The van der Waals surface area contributed by atoms with Crippen molar-refractivity contribution in [1.29, 1.82) is 0 Å². The van der Waals surface area contributed by atoms with Gasteiger partial charge in [0.1, 0.15) is 11.6 Å². The smallest absolute Gasteiger partial charge is 0.273 e. The molecule has 19 heavy (non-hydrogen) atoms. The van der Waals surface area contributed by atoms with Crippen LogP contribution in [0.25, 0.3) is 0 Å². The molecule has 1 aliphatic rings. The van der Waals surface area contributed by atoms with Crippen LogP contribution in [-0.2, 0) is 9.59 Å². The molecule has 0 spiro atoms. The first-order valence-corrected chi connectivity index (χ1v) is 6.00. The number of aliphatic imine (C=N–C) groups is 1. The standard InChI is InChI=1S/C12H12ClN3O3/c13-7-1-3-8(4-2-7)19-6-5-9-15-11(17)10(14)12(18)16-9/h1-4,10H,5-6,14H2,(H,15,16,17,18). The highest BCUT2D eigenvalue weighted by molar-refractivity contribution is 6.30. The fraction of sp³-hybridized carbons (Fsp3) is 0.250. The van der Waals surface area contributed by atoms with E-state index in [0.29, 0.717) is 17.2 Å². The summed E-state index contributed by atoms with van der Waals surface area (Å²) in [4.78, 5) is 26.2. The molecule has 1 heterocycles. The molecule has 0 bridgehead atoms. The quantitative estimate of drug-likeness (QED) is 0.786. The van der Waals surface area contributed by atoms with Gasteiger partial charge in [-0.15, -0.1) is 0 Å². The first-order chi connectivity index (χ1) is 9.06. The van der Waals surface area contributed by atoms with Crippen LogP contribution < -0.4 is 15.8 Å². The number of hydrogen-bond acceptors (Lipinski definition) is 4. The lowest BCUT2D eigenvalue weighted by Crippen LogP contribution is -2.52. The molecule has 1 unspecified atom stereocenters. The van der Waals surface area contributed by atoms with E-state index in [-0.39, 0.29) is 12.4 Å². The van der Waals surface area contributed by atoms with Crippen LogP contribution in [0.4, 0.5) is 0 Å². The second-order valence-corrected chi connectivity index (χ2v) is 4.35. The zero-order valence-electron chi connectivity index (χ0n) is 9.93. The molecular weight excluding hydrogens is 270 g/mol. The molecule has 1 aromatic carbocycles. The van der Waals surface area contributed by atoms with Gasteiger partial charge in [0, 0.05) is 11.4 Å². The van der Waals surface area contributed by atoms with E-state index in [2.05, 4.69) is 10.3 Å². The van der Waals surface area contributed by atoms with Crippen molar-refractivity contribution in [2.24, 2.45) is 10.7 Å². The molecule has 1 aliphatic heterocycles. The minimum Gasteiger partial charge on any atom is -0.493 e. The van der Waals surface area contributed by atoms with E-state index in [4.69, 9.17) is 22.1 Å². The Kier molecular flexibility index (Phi) is 4.13. The number of nitrogens with zero attached hydrogens (tertiary/aromatic N) is 1. The lowest BCUT2D eigenvalue weighted by atomic mass is 10.2. The number of nitrogens with two attached hydrogens (primary N) is 1. The third-order valence-electron chi connectivity index (χ3n) is 2.48. The highest BCUT2D eigenvalue weighted by atomic mass is 35.5. The van der Waals surface area contributed by atoms with Crippen molar-refractivity contribution in [1.82, 2.24) is 5.32 Å². The zero-order chi connectivity index (χ0) is 13.8. The predicted molar refractivity (Wildman–Crippen MR) is 70.1 cm³/mol. The fourth-order valence-corrected chi connectivity index (χ4v) is 1.60. The van der Waals surface area contributed by atoms with Crippen LogP contribution in [0.15, 0.2) is 29.3 Å². The number of benzene rings is 1. The molecule has 0 aliphatic carbocycles. The van der Waals surface area contributed by atoms with Crippen LogP contribution in [0, 0.1) is 0 Å². The number of hydrogen-bond donors (Lipinski definition) is 2. The molecule has 0 fully saturated rings. The van der Waals surface area contributed by atoms with Gasteiger partial charge >= 0.3 is 0 Å². The van der Waals surface area contributed by atoms with E-state index in [1.165, 1.54) is 0 Å². The molecule has 1 atom stereocenters. The number of amidine groups is 1. The van der Waals surface area contributed by atoms with Crippen molar-refractivity contribution in [3.63, 3.8) is 0 Å². The van der Waals surface area contributed by atoms with Gasteiger partial charge in [0.05, 0.1) is 6.61 Å². The molecular formula is C12H12ClN3O3. The number of halogens is 1. The molecule has 0 saturated heterocycles. The van der Waals surface area contributed by atoms with E-state index in [1.54, 1.807) is 24.3 Å².